The molecule has 0 aliphatic heterocycles. The van der Waals surface area contributed by atoms with Crippen LogP contribution in [-0.2, 0) is 6.18 Å². The first-order chi connectivity index (χ1) is 14.6. The average Bonchev–Trinajstić information content (AvgIpc) is 3.03. The molecule has 1 N–H and O–H groups in total. The number of hydrogen-bond acceptors (Lipinski definition) is 3. The zero-order valence-electron chi connectivity index (χ0n) is 17.1. The lowest BCUT2D eigenvalue weighted by molar-refractivity contribution is -0.137. The van der Waals surface area contributed by atoms with Gasteiger partial charge in [-0.15, -0.1) is 0 Å². The van der Waals surface area contributed by atoms with Crippen LogP contribution in [0.25, 0.3) is 16.7 Å². The molecule has 158 valence electrons. The van der Waals surface area contributed by atoms with E-state index in [2.05, 4.69) is 15.4 Å². The van der Waals surface area contributed by atoms with E-state index in [0.717, 1.165) is 23.4 Å². The van der Waals surface area contributed by atoms with E-state index in [1.54, 1.807) is 24.6 Å². The summed E-state index contributed by atoms with van der Waals surface area (Å²) in [6.45, 7) is 5.50. The molecule has 5 nitrogen and oxygen atoms in total. The number of halogens is 3. The summed E-state index contributed by atoms with van der Waals surface area (Å²) in [5.74, 6) is -0.526. The van der Waals surface area contributed by atoms with Gasteiger partial charge in [-0.05, 0) is 57.2 Å². The molecule has 4 rings (SSSR count). The molecule has 0 fully saturated rings. The SMILES string of the molecule is Cc1ccc(-n2nc(C)c3c(C(=O)Nc4cccc(C(F)(F)F)c4)cc(C)nc32)cc1. The Balaban J connectivity index is 1.78. The Labute approximate surface area is 176 Å². The van der Waals surface area contributed by atoms with Gasteiger partial charge in [-0.3, -0.25) is 4.79 Å². The van der Waals surface area contributed by atoms with E-state index >= 15 is 0 Å². The van der Waals surface area contributed by atoms with Gasteiger partial charge in [0.1, 0.15) is 0 Å². The molecule has 0 saturated heterocycles. The number of aryl methyl sites for hydroxylation is 3. The van der Waals surface area contributed by atoms with Gasteiger partial charge in [0.15, 0.2) is 5.65 Å². The van der Waals surface area contributed by atoms with Gasteiger partial charge in [0.05, 0.1) is 27.9 Å². The third-order valence-electron chi connectivity index (χ3n) is 4.91. The molecular formula is C23H19F3N4O. The lowest BCUT2D eigenvalue weighted by Crippen LogP contribution is -2.14. The van der Waals surface area contributed by atoms with Crippen LogP contribution >= 0.6 is 0 Å². The number of amides is 1. The number of carbonyl (C=O) groups excluding carboxylic acids is 1. The summed E-state index contributed by atoms with van der Waals surface area (Å²) < 4.78 is 40.7. The molecule has 31 heavy (non-hydrogen) atoms. The quantitative estimate of drug-likeness (QED) is 0.465. The number of anilines is 1. The van der Waals surface area contributed by atoms with Crippen LogP contribution in [0.3, 0.4) is 0 Å². The predicted molar refractivity (Wildman–Crippen MR) is 112 cm³/mol. The third kappa shape index (κ3) is 4.01. The second-order valence-corrected chi connectivity index (χ2v) is 7.38. The fraction of sp³-hybridized carbons (Fsp3) is 0.174. The number of alkyl halides is 3. The van der Waals surface area contributed by atoms with E-state index in [1.165, 1.54) is 12.1 Å². The topological polar surface area (TPSA) is 59.8 Å². The summed E-state index contributed by atoms with van der Waals surface area (Å²) in [4.78, 5) is 17.6. The maximum absolute atomic E-state index is 13.0. The molecule has 0 aliphatic carbocycles. The highest BCUT2D eigenvalue weighted by atomic mass is 19.4. The van der Waals surface area contributed by atoms with E-state index in [-0.39, 0.29) is 5.69 Å². The molecule has 0 bridgehead atoms. The van der Waals surface area contributed by atoms with Crippen LogP contribution in [0.15, 0.2) is 54.6 Å². The number of nitrogens with zero attached hydrogens (tertiary/aromatic N) is 3. The Hall–Kier alpha value is -3.68. The maximum atomic E-state index is 13.0. The third-order valence-corrected chi connectivity index (χ3v) is 4.91. The Morgan fingerprint density at radius 2 is 1.71 bits per heavy atom. The molecule has 4 aromatic rings. The van der Waals surface area contributed by atoms with Gasteiger partial charge in [0, 0.05) is 11.4 Å². The smallest absolute Gasteiger partial charge is 0.322 e. The summed E-state index contributed by atoms with van der Waals surface area (Å²) in [5.41, 5.74) is 3.13. The van der Waals surface area contributed by atoms with Crippen molar-refractivity contribution in [1.29, 1.82) is 0 Å². The minimum Gasteiger partial charge on any atom is -0.322 e. The number of benzene rings is 2. The molecule has 2 heterocycles. The first-order valence-corrected chi connectivity index (χ1v) is 9.56. The van der Waals surface area contributed by atoms with Gasteiger partial charge in [-0.25, -0.2) is 9.67 Å². The number of carbonyl (C=O) groups is 1. The molecule has 0 spiro atoms. The first-order valence-electron chi connectivity index (χ1n) is 9.56. The van der Waals surface area contributed by atoms with E-state index in [1.807, 2.05) is 31.2 Å². The Bertz CT molecular complexity index is 1290. The van der Waals surface area contributed by atoms with Crippen LogP contribution in [0.1, 0.15) is 32.9 Å². The number of aromatic nitrogens is 3. The van der Waals surface area contributed by atoms with E-state index in [9.17, 15) is 18.0 Å². The van der Waals surface area contributed by atoms with Crippen LogP contribution in [0, 0.1) is 20.8 Å². The zero-order chi connectivity index (χ0) is 22.3. The normalized spacial score (nSPS) is 11.7. The van der Waals surface area contributed by atoms with Gasteiger partial charge >= 0.3 is 6.18 Å². The van der Waals surface area contributed by atoms with Crippen molar-refractivity contribution >= 4 is 22.6 Å². The minimum absolute atomic E-state index is 0.0611. The fourth-order valence-corrected chi connectivity index (χ4v) is 3.43. The highest BCUT2D eigenvalue weighted by molar-refractivity contribution is 6.12. The molecule has 8 heteroatoms. The monoisotopic (exact) mass is 424 g/mol. The van der Waals surface area contributed by atoms with Crippen molar-refractivity contribution in [2.75, 3.05) is 5.32 Å². The van der Waals surface area contributed by atoms with E-state index in [0.29, 0.717) is 28.0 Å². The van der Waals surface area contributed by atoms with Crippen molar-refractivity contribution in [2.45, 2.75) is 26.9 Å². The second-order valence-electron chi connectivity index (χ2n) is 7.38. The first kappa shape index (κ1) is 20.6. The van der Waals surface area contributed by atoms with Crippen molar-refractivity contribution in [3.63, 3.8) is 0 Å². The van der Waals surface area contributed by atoms with Crippen molar-refractivity contribution in [1.82, 2.24) is 14.8 Å². The largest absolute Gasteiger partial charge is 0.416 e. The lowest BCUT2D eigenvalue weighted by atomic mass is 10.1. The number of rotatable bonds is 3. The summed E-state index contributed by atoms with van der Waals surface area (Å²) in [6.07, 6.45) is -4.49. The van der Waals surface area contributed by atoms with Crippen LogP contribution in [0.2, 0.25) is 0 Å². The van der Waals surface area contributed by atoms with Crippen LogP contribution < -0.4 is 5.32 Å². The number of nitrogens with one attached hydrogen (secondary N) is 1. The Morgan fingerprint density at radius 3 is 2.39 bits per heavy atom. The molecule has 0 radical (unpaired) electrons. The second kappa shape index (κ2) is 7.54. The van der Waals surface area contributed by atoms with Crippen molar-refractivity contribution in [2.24, 2.45) is 0 Å². The van der Waals surface area contributed by atoms with Gasteiger partial charge in [-0.2, -0.15) is 18.3 Å². The Kier molecular flexibility index (Phi) is 5.00. The lowest BCUT2D eigenvalue weighted by Gasteiger charge is -2.11. The van der Waals surface area contributed by atoms with Gasteiger partial charge in [0.25, 0.3) is 5.91 Å². The van der Waals surface area contributed by atoms with Gasteiger partial charge < -0.3 is 5.32 Å². The molecule has 0 saturated carbocycles. The minimum atomic E-state index is -4.49. The average molecular weight is 424 g/mol. The predicted octanol–water partition coefficient (Wildman–Crippen LogP) is 5.62. The Morgan fingerprint density at radius 1 is 1.00 bits per heavy atom. The van der Waals surface area contributed by atoms with Crippen LogP contribution in [0.5, 0.6) is 0 Å². The summed E-state index contributed by atoms with van der Waals surface area (Å²) in [6, 6.07) is 13.9. The van der Waals surface area contributed by atoms with Crippen LogP contribution in [-0.4, -0.2) is 20.7 Å². The summed E-state index contributed by atoms with van der Waals surface area (Å²) in [5, 5.41) is 7.67. The fourth-order valence-electron chi connectivity index (χ4n) is 3.43. The summed E-state index contributed by atoms with van der Waals surface area (Å²) >= 11 is 0. The number of fused-ring (bicyclic) bond motifs is 1. The van der Waals surface area contributed by atoms with Gasteiger partial charge in [0.2, 0.25) is 0 Å². The molecular weight excluding hydrogens is 405 g/mol. The molecule has 0 unspecified atom stereocenters. The molecule has 2 aromatic heterocycles. The zero-order valence-corrected chi connectivity index (χ0v) is 17.1. The molecule has 0 aliphatic rings. The number of pyridine rings is 1. The standard InChI is InChI=1S/C23H19F3N4O/c1-13-7-9-18(10-8-13)30-21-20(15(3)29-30)19(11-14(2)27-21)22(31)28-17-6-4-5-16(12-17)23(24,25)26/h4-12H,1-3H3,(H,28,31). The number of hydrogen-bond donors (Lipinski definition) is 1. The summed E-state index contributed by atoms with van der Waals surface area (Å²) in [7, 11) is 0. The highest BCUT2D eigenvalue weighted by Crippen LogP contribution is 2.31. The van der Waals surface area contributed by atoms with Crippen molar-refractivity contribution in [3.05, 3.63) is 82.7 Å². The maximum Gasteiger partial charge on any atom is 0.416 e. The van der Waals surface area contributed by atoms with E-state index < -0.39 is 17.6 Å². The molecule has 2 aromatic carbocycles. The van der Waals surface area contributed by atoms with Crippen LogP contribution in [0.4, 0.5) is 18.9 Å². The molecule has 0 atom stereocenters. The van der Waals surface area contributed by atoms with Gasteiger partial charge in [-0.1, -0.05) is 23.8 Å². The van der Waals surface area contributed by atoms with Crippen molar-refractivity contribution in [3.8, 4) is 5.69 Å². The van der Waals surface area contributed by atoms with Crippen molar-refractivity contribution < 1.29 is 18.0 Å². The highest BCUT2D eigenvalue weighted by Gasteiger charge is 2.30. The van der Waals surface area contributed by atoms with E-state index in [4.69, 9.17) is 0 Å². The molecule has 1 amide bonds.